The topological polar surface area (TPSA) is 45.4 Å². The fraction of sp³-hybridized carbons (Fsp3) is 0.0769. The highest BCUT2D eigenvalue weighted by Crippen LogP contribution is 2.34. The normalized spacial score (nSPS) is 10.7. The number of fused-ring (bicyclic) bond motifs is 3. The van der Waals surface area contributed by atoms with Gasteiger partial charge in [-0.2, -0.15) is 0 Å². The van der Waals surface area contributed by atoms with Crippen LogP contribution < -0.4 is 5.46 Å². The molecule has 0 aliphatic rings. The van der Waals surface area contributed by atoms with Crippen molar-refractivity contribution in [2.75, 3.05) is 0 Å². The van der Waals surface area contributed by atoms with Crippen LogP contribution in [0.5, 0.6) is 0 Å². The zero-order valence-corrected chi connectivity index (χ0v) is 17.2. The van der Waals surface area contributed by atoms with E-state index in [2.05, 4.69) is 71.3 Å². The maximum absolute atomic E-state index is 9.49. The smallest absolute Gasteiger partial charge is 0.423 e. The Hall–Kier alpha value is -3.34. The van der Waals surface area contributed by atoms with Crippen molar-refractivity contribution in [3.8, 4) is 16.8 Å². The third-order valence-corrected chi connectivity index (χ3v) is 5.21. The number of aromatic nitrogens is 1. The predicted octanol–water partition coefficient (Wildman–Crippen LogP) is 5.16. The molecule has 4 aromatic carbocycles. The Morgan fingerprint density at radius 3 is 2.03 bits per heavy atom. The number of rotatable bonds is 3. The van der Waals surface area contributed by atoms with Crippen LogP contribution in [-0.2, 0) is 0 Å². The van der Waals surface area contributed by atoms with Crippen LogP contribution in [0.2, 0.25) is 0 Å². The average Bonchev–Trinajstić information content (AvgIpc) is 3.15. The molecule has 0 bridgehead atoms. The average molecular weight is 393 g/mol. The molecule has 0 aliphatic carbocycles. The van der Waals surface area contributed by atoms with Gasteiger partial charge in [0.05, 0.1) is 11.0 Å². The van der Waals surface area contributed by atoms with Crippen molar-refractivity contribution in [2.24, 2.45) is 0 Å². The zero-order valence-electron chi connectivity index (χ0n) is 17.2. The van der Waals surface area contributed by atoms with E-state index in [0.717, 1.165) is 22.3 Å². The monoisotopic (exact) mass is 393 g/mol. The fourth-order valence-corrected chi connectivity index (χ4v) is 3.89. The molecule has 0 aliphatic heterocycles. The van der Waals surface area contributed by atoms with Gasteiger partial charge in [-0.25, -0.2) is 0 Å². The number of nitrogens with zero attached hydrogens (tertiary/aromatic N) is 1. The van der Waals surface area contributed by atoms with E-state index in [-0.39, 0.29) is 0 Å². The maximum atomic E-state index is 9.49. The summed E-state index contributed by atoms with van der Waals surface area (Å²) in [5.41, 5.74) is 5.95. The molecule has 2 N–H and O–H groups in total. The number of benzene rings is 4. The Labute approximate surface area is 177 Å². The van der Waals surface area contributed by atoms with E-state index in [1.165, 1.54) is 16.3 Å². The van der Waals surface area contributed by atoms with E-state index in [0.29, 0.717) is 5.46 Å². The number of para-hydroxylation sites is 2. The predicted molar refractivity (Wildman–Crippen MR) is 127 cm³/mol. The third kappa shape index (κ3) is 3.52. The van der Waals surface area contributed by atoms with Crippen LogP contribution in [0.1, 0.15) is 13.8 Å². The molecule has 0 spiro atoms. The molecule has 0 amide bonds. The van der Waals surface area contributed by atoms with Gasteiger partial charge in [0.1, 0.15) is 0 Å². The molecule has 0 fully saturated rings. The first-order chi connectivity index (χ1) is 14.7. The van der Waals surface area contributed by atoms with Crippen LogP contribution in [-0.4, -0.2) is 21.7 Å². The summed E-state index contributed by atoms with van der Waals surface area (Å²) in [6.07, 6.45) is 0. The van der Waals surface area contributed by atoms with Gasteiger partial charge in [-0.1, -0.05) is 80.6 Å². The minimum Gasteiger partial charge on any atom is -0.423 e. The lowest BCUT2D eigenvalue weighted by Crippen LogP contribution is -2.29. The Bertz CT molecular complexity index is 1290. The highest BCUT2D eigenvalue weighted by molar-refractivity contribution is 6.58. The van der Waals surface area contributed by atoms with Gasteiger partial charge in [-0.15, -0.1) is 0 Å². The lowest BCUT2D eigenvalue weighted by Gasteiger charge is -2.08. The molecular formula is C26H24BNO2. The minimum atomic E-state index is -1.47. The lowest BCUT2D eigenvalue weighted by molar-refractivity contribution is 0.426. The summed E-state index contributed by atoms with van der Waals surface area (Å²) >= 11 is 0. The second-order valence-electron chi connectivity index (χ2n) is 6.92. The summed E-state index contributed by atoms with van der Waals surface area (Å²) in [4.78, 5) is 0. The van der Waals surface area contributed by atoms with Crippen LogP contribution in [0.3, 0.4) is 0 Å². The van der Waals surface area contributed by atoms with Crippen LogP contribution in [0.15, 0.2) is 97.1 Å². The molecule has 0 atom stereocenters. The van der Waals surface area contributed by atoms with Crippen molar-refractivity contribution < 1.29 is 10.0 Å². The summed E-state index contributed by atoms with van der Waals surface area (Å²) < 4.78 is 2.28. The summed E-state index contributed by atoms with van der Waals surface area (Å²) in [6.45, 7) is 4.00. The molecule has 4 heteroatoms. The highest BCUT2D eigenvalue weighted by atomic mass is 16.4. The molecule has 1 heterocycles. The number of hydrogen-bond donors (Lipinski definition) is 2. The minimum absolute atomic E-state index is 0.490. The molecule has 148 valence electrons. The Morgan fingerprint density at radius 1 is 0.600 bits per heavy atom. The quantitative estimate of drug-likeness (QED) is 0.416. The van der Waals surface area contributed by atoms with E-state index < -0.39 is 7.12 Å². The second-order valence-corrected chi connectivity index (χ2v) is 6.92. The van der Waals surface area contributed by atoms with E-state index in [9.17, 15) is 10.0 Å². The van der Waals surface area contributed by atoms with E-state index in [1.807, 2.05) is 38.1 Å². The van der Waals surface area contributed by atoms with Crippen LogP contribution in [0, 0.1) is 0 Å². The summed E-state index contributed by atoms with van der Waals surface area (Å²) in [5, 5.41) is 21.3. The maximum Gasteiger partial charge on any atom is 0.488 e. The molecule has 0 unspecified atom stereocenters. The molecule has 5 aromatic rings. The van der Waals surface area contributed by atoms with Gasteiger partial charge >= 0.3 is 7.12 Å². The van der Waals surface area contributed by atoms with Crippen molar-refractivity contribution >= 4 is 34.4 Å². The summed E-state index contributed by atoms with van der Waals surface area (Å²) in [6, 6.07) is 32.6. The van der Waals surface area contributed by atoms with Gasteiger partial charge in [0.15, 0.2) is 0 Å². The molecule has 0 saturated heterocycles. The van der Waals surface area contributed by atoms with Crippen molar-refractivity contribution in [1.29, 1.82) is 0 Å². The molecule has 1 aromatic heterocycles. The Balaban J connectivity index is 0.00000106. The standard InChI is InChI=1S/C24H18BNO2.C2H6/c27-25(28)19-8-6-7-17(15-19)18-13-14-24-22(16-18)21-11-4-5-12-23(21)26(24)20-9-2-1-3-10-20;1-2/h1-16,27-28H;1-2H3. The van der Waals surface area contributed by atoms with Crippen molar-refractivity contribution in [1.82, 2.24) is 4.57 Å². The van der Waals surface area contributed by atoms with Crippen molar-refractivity contribution in [3.05, 3.63) is 97.1 Å². The molecule has 3 nitrogen and oxygen atoms in total. The van der Waals surface area contributed by atoms with Gasteiger partial charge in [-0.3, -0.25) is 0 Å². The largest absolute Gasteiger partial charge is 0.488 e. The van der Waals surface area contributed by atoms with Crippen LogP contribution in [0.25, 0.3) is 38.6 Å². The van der Waals surface area contributed by atoms with Gasteiger partial charge < -0.3 is 14.6 Å². The highest BCUT2D eigenvalue weighted by Gasteiger charge is 2.14. The second kappa shape index (κ2) is 8.58. The van der Waals surface area contributed by atoms with Crippen molar-refractivity contribution in [3.63, 3.8) is 0 Å². The SMILES string of the molecule is CC.OB(O)c1cccc(-c2ccc3c(c2)c2ccccc2n3-c2ccccc2)c1. The van der Waals surface area contributed by atoms with E-state index >= 15 is 0 Å². The lowest BCUT2D eigenvalue weighted by atomic mass is 9.79. The summed E-state index contributed by atoms with van der Waals surface area (Å²) in [5.74, 6) is 0. The van der Waals surface area contributed by atoms with E-state index in [1.54, 1.807) is 6.07 Å². The van der Waals surface area contributed by atoms with Gasteiger partial charge in [0.2, 0.25) is 0 Å². The Morgan fingerprint density at radius 2 is 1.27 bits per heavy atom. The van der Waals surface area contributed by atoms with Crippen LogP contribution >= 0.6 is 0 Å². The first-order valence-electron chi connectivity index (χ1n) is 10.3. The Kier molecular flexibility index (Phi) is 5.71. The van der Waals surface area contributed by atoms with Gasteiger partial charge in [0.25, 0.3) is 0 Å². The van der Waals surface area contributed by atoms with Crippen LogP contribution in [0.4, 0.5) is 0 Å². The van der Waals surface area contributed by atoms with Gasteiger partial charge in [0, 0.05) is 16.5 Å². The van der Waals surface area contributed by atoms with Crippen molar-refractivity contribution in [2.45, 2.75) is 13.8 Å². The molecule has 5 rings (SSSR count). The fourth-order valence-electron chi connectivity index (χ4n) is 3.89. The third-order valence-electron chi connectivity index (χ3n) is 5.21. The zero-order chi connectivity index (χ0) is 21.1. The van der Waals surface area contributed by atoms with Gasteiger partial charge in [-0.05, 0) is 46.9 Å². The summed E-state index contributed by atoms with van der Waals surface area (Å²) in [7, 11) is -1.47. The first-order valence-corrected chi connectivity index (χ1v) is 10.3. The molecule has 0 radical (unpaired) electrons. The molecule has 0 saturated carbocycles. The number of hydrogen-bond acceptors (Lipinski definition) is 2. The molecule has 30 heavy (non-hydrogen) atoms. The molecular weight excluding hydrogens is 369 g/mol. The first kappa shape index (κ1) is 20.0. The van der Waals surface area contributed by atoms with E-state index in [4.69, 9.17) is 0 Å².